The second-order valence-electron chi connectivity index (χ2n) is 11.0. The fraction of sp³-hybridized carbons (Fsp3) is 0.105. The standard InChI is InChI=1S/C38H26Cl2/c1-5-21-31-17-29-23-13-16-26-30(18-32-22(6-2)34-20(4)10-8-12-28(34)36(32)38(26)40)24(23)14-15-25(29)37(39)35(31)27-11-7-9-19(3)33(21)27/h5-18H,1-4H3/b21-5-,22-6-. The highest BCUT2D eigenvalue weighted by Crippen LogP contribution is 2.54. The Morgan fingerprint density at radius 3 is 1.25 bits per heavy atom. The monoisotopic (exact) mass is 552 g/mol. The van der Waals surface area contributed by atoms with Gasteiger partial charge in [0.2, 0.25) is 0 Å². The van der Waals surface area contributed by atoms with E-state index in [0.29, 0.717) is 0 Å². The van der Waals surface area contributed by atoms with Crippen LogP contribution in [0.3, 0.4) is 0 Å². The van der Waals surface area contributed by atoms with Crippen LogP contribution in [-0.4, -0.2) is 0 Å². The zero-order valence-electron chi connectivity index (χ0n) is 22.8. The van der Waals surface area contributed by atoms with Gasteiger partial charge >= 0.3 is 0 Å². The summed E-state index contributed by atoms with van der Waals surface area (Å²) in [4.78, 5) is 0. The molecular weight excluding hydrogens is 527 g/mol. The second kappa shape index (κ2) is 8.33. The number of hydrogen-bond donors (Lipinski definition) is 0. The summed E-state index contributed by atoms with van der Waals surface area (Å²) in [6.45, 7) is 8.61. The zero-order valence-corrected chi connectivity index (χ0v) is 24.4. The van der Waals surface area contributed by atoms with Gasteiger partial charge in [-0.05, 0) is 117 Å². The van der Waals surface area contributed by atoms with Crippen LogP contribution in [0.1, 0.15) is 47.2 Å². The Hall–Kier alpha value is -3.84. The highest BCUT2D eigenvalue weighted by Gasteiger charge is 2.30. The molecule has 0 radical (unpaired) electrons. The molecule has 2 heteroatoms. The van der Waals surface area contributed by atoms with E-state index in [1.165, 1.54) is 77.2 Å². The molecule has 0 fully saturated rings. The maximum Gasteiger partial charge on any atom is 0.0569 e. The molecule has 192 valence electrons. The predicted molar refractivity (Wildman–Crippen MR) is 175 cm³/mol. The van der Waals surface area contributed by atoms with Crippen LogP contribution in [0, 0.1) is 13.8 Å². The smallest absolute Gasteiger partial charge is 0.0569 e. The Balaban J connectivity index is 1.46. The van der Waals surface area contributed by atoms with E-state index < -0.39 is 0 Å². The number of hydrogen-bond acceptors (Lipinski definition) is 0. The quantitative estimate of drug-likeness (QED) is 0.164. The Bertz CT molecular complexity index is 2050. The third-order valence-electron chi connectivity index (χ3n) is 9.09. The van der Waals surface area contributed by atoms with Crippen LogP contribution in [0.4, 0.5) is 0 Å². The molecular formula is C38H26Cl2. The third kappa shape index (κ3) is 2.88. The number of rotatable bonds is 0. The van der Waals surface area contributed by atoms with Crippen molar-refractivity contribution in [3.63, 3.8) is 0 Å². The first-order chi connectivity index (χ1) is 19.4. The van der Waals surface area contributed by atoms with E-state index in [0.717, 1.165) is 31.9 Å². The number of benzene rings is 6. The van der Waals surface area contributed by atoms with Gasteiger partial charge in [0.25, 0.3) is 0 Å². The van der Waals surface area contributed by atoms with Crippen molar-refractivity contribution in [2.45, 2.75) is 27.7 Å². The minimum absolute atomic E-state index is 0.826. The normalized spacial score (nSPS) is 15.3. The molecule has 0 saturated carbocycles. The molecule has 0 saturated heterocycles. The van der Waals surface area contributed by atoms with Crippen molar-refractivity contribution in [2.24, 2.45) is 0 Å². The fourth-order valence-corrected chi connectivity index (χ4v) is 8.11. The number of allylic oxidation sites excluding steroid dienone is 2. The van der Waals surface area contributed by atoms with Gasteiger partial charge in [-0.2, -0.15) is 0 Å². The first kappa shape index (κ1) is 24.0. The van der Waals surface area contributed by atoms with Gasteiger partial charge in [-0.3, -0.25) is 0 Å². The minimum atomic E-state index is 0.826. The number of aryl methyl sites for hydroxylation is 2. The van der Waals surface area contributed by atoms with Crippen molar-refractivity contribution < 1.29 is 0 Å². The van der Waals surface area contributed by atoms with E-state index in [4.69, 9.17) is 23.2 Å². The van der Waals surface area contributed by atoms with E-state index in [-0.39, 0.29) is 0 Å². The molecule has 0 spiro atoms. The van der Waals surface area contributed by atoms with Crippen LogP contribution in [-0.2, 0) is 0 Å². The molecule has 6 aromatic carbocycles. The van der Waals surface area contributed by atoms with Crippen molar-refractivity contribution in [1.82, 2.24) is 0 Å². The summed E-state index contributed by atoms with van der Waals surface area (Å²) < 4.78 is 0. The molecule has 0 aromatic heterocycles. The number of halogens is 2. The first-order valence-electron chi connectivity index (χ1n) is 13.8. The fourth-order valence-electron chi connectivity index (χ4n) is 7.37. The van der Waals surface area contributed by atoms with Crippen molar-refractivity contribution in [1.29, 1.82) is 0 Å². The molecule has 0 bridgehead atoms. The summed E-state index contributed by atoms with van der Waals surface area (Å²) in [5.41, 5.74) is 14.8. The molecule has 2 aliphatic carbocycles. The lowest BCUT2D eigenvalue weighted by Gasteiger charge is -2.15. The van der Waals surface area contributed by atoms with Crippen LogP contribution < -0.4 is 0 Å². The summed E-state index contributed by atoms with van der Waals surface area (Å²) in [5, 5.41) is 8.57. The molecule has 40 heavy (non-hydrogen) atoms. The zero-order chi connectivity index (χ0) is 27.4. The molecule has 6 aromatic rings. The van der Waals surface area contributed by atoms with Gasteiger partial charge in [0.1, 0.15) is 0 Å². The van der Waals surface area contributed by atoms with Crippen LogP contribution in [0.25, 0.3) is 65.7 Å². The van der Waals surface area contributed by atoms with Gasteiger partial charge in [0.05, 0.1) is 10.0 Å². The molecule has 2 aliphatic rings. The minimum Gasteiger partial charge on any atom is -0.0830 e. The molecule has 0 atom stereocenters. The van der Waals surface area contributed by atoms with Crippen molar-refractivity contribution in [2.75, 3.05) is 0 Å². The molecule has 0 unspecified atom stereocenters. The van der Waals surface area contributed by atoms with Crippen LogP contribution in [0.15, 0.2) is 84.9 Å². The Morgan fingerprint density at radius 2 is 0.850 bits per heavy atom. The van der Waals surface area contributed by atoms with E-state index in [2.05, 4.69) is 113 Å². The highest BCUT2D eigenvalue weighted by atomic mass is 35.5. The first-order valence-corrected chi connectivity index (χ1v) is 14.6. The molecule has 8 rings (SSSR count). The Morgan fingerprint density at radius 1 is 0.450 bits per heavy atom. The van der Waals surface area contributed by atoms with Gasteiger partial charge in [-0.15, -0.1) is 0 Å². The summed E-state index contributed by atoms with van der Waals surface area (Å²) >= 11 is 14.5. The van der Waals surface area contributed by atoms with Crippen molar-refractivity contribution >= 4 is 66.7 Å². The Kier molecular flexibility index (Phi) is 5.00. The summed E-state index contributed by atoms with van der Waals surface area (Å²) in [6, 6.07) is 26.6. The second-order valence-corrected chi connectivity index (χ2v) is 11.8. The molecule has 0 N–H and O–H groups in total. The van der Waals surface area contributed by atoms with Gasteiger partial charge in [0.15, 0.2) is 0 Å². The molecule has 0 amide bonds. The third-order valence-corrected chi connectivity index (χ3v) is 9.88. The largest absolute Gasteiger partial charge is 0.0830 e. The van der Waals surface area contributed by atoms with Crippen LogP contribution in [0.5, 0.6) is 0 Å². The molecule has 0 nitrogen and oxygen atoms in total. The number of fused-ring (bicyclic) bond motifs is 11. The van der Waals surface area contributed by atoms with Gasteiger partial charge in [-0.1, -0.05) is 96.0 Å². The topological polar surface area (TPSA) is 0 Å². The lowest BCUT2D eigenvalue weighted by molar-refractivity contribution is 1.44. The lowest BCUT2D eigenvalue weighted by Crippen LogP contribution is -1.89. The van der Waals surface area contributed by atoms with Gasteiger partial charge in [-0.25, -0.2) is 0 Å². The van der Waals surface area contributed by atoms with E-state index >= 15 is 0 Å². The van der Waals surface area contributed by atoms with Gasteiger partial charge < -0.3 is 0 Å². The Labute approximate surface area is 244 Å². The SMILES string of the molecule is C/C=C1/c2cc3c(ccc4c5cc6c(c(Cl)c5ccc34)-c3cccc(C)c3/C6=C\C)c(Cl)c2-c2cccc(C)c21. The maximum absolute atomic E-state index is 7.26. The summed E-state index contributed by atoms with van der Waals surface area (Å²) in [7, 11) is 0. The summed E-state index contributed by atoms with van der Waals surface area (Å²) in [5.74, 6) is 0. The van der Waals surface area contributed by atoms with E-state index in [1.807, 2.05) is 0 Å². The summed E-state index contributed by atoms with van der Waals surface area (Å²) in [6.07, 6.45) is 4.45. The van der Waals surface area contributed by atoms with E-state index in [1.54, 1.807) is 0 Å². The van der Waals surface area contributed by atoms with Crippen molar-refractivity contribution in [3.05, 3.63) is 128 Å². The van der Waals surface area contributed by atoms with E-state index in [9.17, 15) is 0 Å². The predicted octanol–water partition coefficient (Wildman–Crippen LogP) is 11.9. The highest BCUT2D eigenvalue weighted by molar-refractivity contribution is 6.43. The van der Waals surface area contributed by atoms with Gasteiger partial charge in [0, 0.05) is 21.9 Å². The molecule has 0 heterocycles. The van der Waals surface area contributed by atoms with Crippen LogP contribution >= 0.6 is 23.2 Å². The molecule has 0 aliphatic heterocycles. The maximum atomic E-state index is 7.26. The van der Waals surface area contributed by atoms with Crippen LogP contribution in [0.2, 0.25) is 10.0 Å². The van der Waals surface area contributed by atoms with Crippen molar-refractivity contribution in [3.8, 4) is 22.3 Å². The average Bonchev–Trinajstić information content (AvgIpc) is 3.47. The average molecular weight is 554 g/mol. The lowest BCUT2D eigenvalue weighted by atomic mass is 9.91.